The van der Waals surface area contributed by atoms with Crippen LogP contribution < -0.4 is 0 Å². The molecule has 0 N–H and O–H groups in total. The van der Waals surface area contributed by atoms with Gasteiger partial charge in [-0.15, -0.1) is 23.1 Å². The van der Waals surface area contributed by atoms with Crippen LogP contribution in [0.1, 0.15) is 11.1 Å². The van der Waals surface area contributed by atoms with Crippen molar-refractivity contribution in [2.24, 2.45) is 0 Å². The number of alkyl halides is 3. The molecule has 19 heavy (non-hydrogen) atoms. The Labute approximate surface area is 115 Å². The maximum Gasteiger partial charge on any atom is 0.471 e. The van der Waals surface area contributed by atoms with Gasteiger partial charge in [0.05, 0.1) is 9.77 Å². The molecule has 1 saturated heterocycles. The van der Waals surface area contributed by atoms with Gasteiger partial charge < -0.3 is 4.90 Å². The highest BCUT2D eigenvalue weighted by atomic mass is 32.2. The van der Waals surface area contributed by atoms with Gasteiger partial charge >= 0.3 is 12.1 Å². The van der Waals surface area contributed by atoms with E-state index in [1.54, 1.807) is 17.1 Å². The monoisotopic (exact) mass is 304 g/mol. The number of nitriles is 1. The average molecular weight is 304 g/mol. The number of hydrogen-bond donors (Lipinski definition) is 0. The maximum absolute atomic E-state index is 12.3. The molecular formula is C11H7F3N2OS2. The Kier molecular flexibility index (Phi) is 2.63. The van der Waals surface area contributed by atoms with E-state index in [4.69, 9.17) is 5.26 Å². The van der Waals surface area contributed by atoms with Gasteiger partial charge in [-0.1, -0.05) is 0 Å². The molecule has 0 aromatic carbocycles. The second-order valence-electron chi connectivity index (χ2n) is 4.65. The van der Waals surface area contributed by atoms with E-state index >= 15 is 0 Å². The molecule has 1 amide bonds. The zero-order valence-electron chi connectivity index (χ0n) is 9.45. The normalized spacial score (nSPS) is 20.0. The first-order valence-electron chi connectivity index (χ1n) is 5.38. The molecule has 1 spiro atoms. The lowest BCUT2D eigenvalue weighted by Gasteiger charge is -2.48. The van der Waals surface area contributed by atoms with E-state index in [0.29, 0.717) is 11.3 Å². The van der Waals surface area contributed by atoms with Crippen molar-refractivity contribution in [3.05, 3.63) is 16.5 Å². The fraction of sp³-hybridized carbons (Fsp3) is 0.455. The van der Waals surface area contributed by atoms with Crippen LogP contribution in [-0.2, 0) is 10.2 Å². The summed E-state index contributed by atoms with van der Waals surface area (Å²) >= 11 is 3.00. The second-order valence-corrected chi connectivity index (χ2v) is 6.78. The van der Waals surface area contributed by atoms with Crippen molar-refractivity contribution < 1.29 is 18.0 Å². The van der Waals surface area contributed by atoms with Crippen molar-refractivity contribution in [2.45, 2.75) is 15.8 Å². The smallest absolute Gasteiger partial charge is 0.333 e. The molecule has 2 aliphatic rings. The van der Waals surface area contributed by atoms with Gasteiger partial charge in [-0.05, 0) is 0 Å². The van der Waals surface area contributed by atoms with E-state index in [1.807, 2.05) is 0 Å². The molecule has 1 aromatic heterocycles. The van der Waals surface area contributed by atoms with Gasteiger partial charge in [-0.3, -0.25) is 4.79 Å². The third kappa shape index (κ3) is 1.75. The molecule has 0 unspecified atom stereocenters. The number of halogens is 3. The predicted molar refractivity (Wildman–Crippen MR) is 64.1 cm³/mol. The number of likely N-dealkylation sites (tertiary alicyclic amines) is 1. The number of rotatable bonds is 0. The van der Waals surface area contributed by atoms with Crippen molar-refractivity contribution >= 4 is 29.0 Å². The number of thiophene rings is 1. The van der Waals surface area contributed by atoms with Crippen LogP contribution >= 0.6 is 23.1 Å². The van der Waals surface area contributed by atoms with Crippen molar-refractivity contribution in [3.8, 4) is 6.07 Å². The third-order valence-electron chi connectivity index (χ3n) is 3.40. The quantitative estimate of drug-likeness (QED) is 0.739. The lowest BCUT2D eigenvalue weighted by molar-refractivity contribution is -0.192. The molecule has 0 radical (unpaired) electrons. The molecular weight excluding hydrogens is 297 g/mol. The number of carbonyl (C=O) groups excluding carboxylic acids is 1. The Morgan fingerprint density at radius 2 is 2.16 bits per heavy atom. The molecule has 3 nitrogen and oxygen atoms in total. The predicted octanol–water partition coefficient (Wildman–Crippen LogP) is 2.37. The standard InChI is InChI=1S/C11H7F3N2OS2/c12-11(13,14)9(17)16-3-10(4-16)5-19-8-7(10)6(1-15)2-18-8/h2H,3-5H2. The highest BCUT2D eigenvalue weighted by Crippen LogP contribution is 2.53. The highest BCUT2D eigenvalue weighted by molar-refractivity contribution is 8.01. The van der Waals surface area contributed by atoms with Crippen LogP contribution in [-0.4, -0.2) is 35.8 Å². The number of amides is 1. The number of hydrogen-bond acceptors (Lipinski definition) is 4. The van der Waals surface area contributed by atoms with Crippen LogP contribution in [0.15, 0.2) is 9.59 Å². The van der Waals surface area contributed by atoms with Crippen LogP contribution in [0.25, 0.3) is 0 Å². The minimum Gasteiger partial charge on any atom is -0.333 e. The summed E-state index contributed by atoms with van der Waals surface area (Å²) in [6, 6.07) is 2.08. The van der Waals surface area contributed by atoms with Gasteiger partial charge in [-0.2, -0.15) is 18.4 Å². The lowest BCUT2D eigenvalue weighted by Crippen LogP contribution is -2.64. The first-order valence-corrected chi connectivity index (χ1v) is 7.25. The molecule has 1 fully saturated rings. The fourth-order valence-corrected chi connectivity index (χ4v) is 5.20. The molecule has 0 saturated carbocycles. The summed E-state index contributed by atoms with van der Waals surface area (Å²) in [5.41, 5.74) is 0.923. The van der Waals surface area contributed by atoms with E-state index in [2.05, 4.69) is 6.07 Å². The molecule has 0 bridgehead atoms. The van der Waals surface area contributed by atoms with E-state index < -0.39 is 17.5 Å². The van der Waals surface area contributed by atoms with Crippen molar-refractivity contribution in [1.82, 2.24) is 4.90 Å². The average Bonchev–Trinajstić information content (AvgIpc) is 2.83. The maximum atomic E-state index is 12.3. The van der Waals surface area contributed by atoms with E-state index in [-0.39, 0.29) is 13.1 Å². The van der Waals surface area contributed by atoms with Crippen LogP contribution in [0.3, 0.4) is 0 Å². The van der Waals surface area contributed by atoms with Crippen LogP contribution in [0, 0.1) is 11.3 Å². The number of nitrogens with zero attached hydrogens (tertiary/aromatic N) is 2. The van der Waals surface area contributed by atoms with Gasteiger partial charge in [0.15, 0.2) is 0 Å². The van der Waals surface area contributed by atoms with Crippen molar-refractivity contribution in [3.63, 3.8) is 0 Å². The van der Waals surface area contributed by atoms with Gasteiger partial charge in [0.1, 0.15) is 6.07 Å². The summed E-state index contributed by atoms with van der Waals surface area (Å²) in [6.45, 7) is 0.105. The van der Waals surface area contributed by atoms with Gasteiger partial charge in [0.2, 0.25) is 0 Å². The lowest BCUT2D eigenvalue weighted by atomic mass is 9.75. The van der Waals surface area contributed by atoms with Crippen LogP contribution in [0.4, 0.5) is 13.2 Å². The molecule has 2 aliphatic heterocycles. The summed E-state index contributed by atoms with van der Waals surface area (Å²) in [5.74, 6) is -1.14. The molecule has 100 valence electrons. The van der Waals surface area contributed by atoms with Gasteiger partial charge in [0.25, 0.3) is 0 Å². The van der Waals surface area contributed by atoms with E-state index in [1.165, 1.54) is 11.3 Å². The first kappa shape index (κ1) is 12.8. The topological polar surface area (TPSA) is 44.1 Å². The van der Waals surface area contributed by atoms with Crippen LogP contribution in [0.5, 0.6) is 0 Å². The Bertz CT molecular complexity index is 596. The molecule has 8 heteroatoms. The molecule has 1 aromatic rings. The van der Waals surface area contributed by atoms with Gasteiger partial charge in [0, 0.05) is 35.2 Å². The Balaban J connectivity index is 1.84. The largest absolute Gasteiger partial charge is 0.471 e. The fourth-order valence-electron chi connectivity index (χ4n) is 2.56. The van der Waals surface area contributed by atoms with Gasteiger partial charge in [-0.25, -0.2) is 0 Å². The number of thioether (sulfide) groups is 1. The summed E-state index contributed by atoms with van der Waals surface area (Å²) in [5, 5.41) is 10.8. The number of fused-ring (bicyclic) bond motifs is 2. The Morgan fingerprint density at radius 3 is 2.74 bits per heavy atom. The molecule has 3 heterocycles. The van der Waals surface area contributed by atoms with E-state index in [9.17, 15) is 18.0 Å². The summed E-state index contributed by atoms with van der Waals surface area (Å²) in [4.78, 5) is 11.9. The Morgan fingerprint density at radius 1 is 1.47 bits per heavy atom. The zero-order valence-corrected chi connectivity index (χ0v) is 11.1. The number of carbonyl (C=O) groups is 1. The highest BCUT2D eigenvalue weighted by Gasteiger charge is 2.56. The van der Waals surface area contributed by atoms with Crippen molar-refractivity contribution in [2.75, 3.05) is 18.8 Å². The molecule has 0 aliphatic carbocycles. The van der Waals surface area contributed by atoms with Crippen molar-refractivity contribution in [1.29, 1.82) is 5.26 Å². The minimum absolute atomic E-state index is 0.0523. The SMILES string of the molecule is N#Cc1csc2c1C1(CS2)CN(C(=O)C(F)(F)F)C1. The minimum atomic E-state index is -4.82. The molecule has 3 rings (SSSR count). The zero-order chi connectivity index (χ0) is 13.8. The molecule has 0 atom stereocenters. The first-order chi connectivity index (χ1) is 8.87. The summed E-state index contributed by atoms with van der Waals surface area (Å²) in [7, 11) is 0. The van der Waals surface area contributed by atoms with E-state index in [0.717, 1.165) is 14.7 Å². The second kappa shape index (κ2) is 3.90. The van der Waals surface area contributed by atoms with Crippen LogP contribution in [0.2, 0.25) is 0 Å². The Hall–Kier alpha value is -1.20. The summed E-state index contributed by atoms with van der Waals surface area (Å²) in [6.07, 6.45) is -4.82. The summed E-state index contributed by atoms with van der Waals surface area (Å²) < 4.78 is 38.0. The third-order valence-corrected chi connectivity index (χ3v) is 5.98.